The minimum absolute atomic E-state index is 0. The Morgan fingerprint density at radius 1 is 1.00 bits per heavy atom. The molecule has 3 fully saturated rings. The number of nitrogens with zero attached hydrogens (tertiary/aromatic N) is 2. The van der Waals surface area contributed by atoms with Gasteiger partial charge in [-0.25, -0.2) is 0 Å². The number of morpholine rings is 1. The van der Waals surface area contributed by atoms with Crippen molar-refractivity contribution in [2.24, 2.45) is 11.8 Å². The van der Waals surface area contributed by atoms with Crippen LogP contribution in [0.5, 0.6) is 0 Å². The lowest BCUT2D eigenvalue weighted by Gasteiger charge is -2.36. The molecule has 7 heteroatoms. The van der Waals surface area contributed by atoms with Gasteiger partial charge in [-0.3, -0.25) is 9.59 Å². The molecule has 3 saturated heterocycles. The van der Waals surface area contributed by atoms with E-state index in [0.29, 0.717) is 45.2 Å². The highest BCUT2D eigenvalue weighted by Gasteiger charge is 2.31. The summed E-state index contributed by atoms with van der Waals surface area (Å²) in [6.07, 6.45) is 5.87. The van der Waals surface area contributed by atoms with Gasteiger partial charge in [-0.05, 0) is 51.1 Å². The Bertz CT molecular complexity index is 437. The molecule has 1 unspecified atom stereocenters. The molecule has 25 heavy (non-hydrogen) atoms. The molecule has 0 radical (unpaired) electrons. The number of halogens is 1. The molecular weight excluding hydrogens is 342 g/mol. The van der Waals surface area contributed by atoms with Crippen LogP contribution in [0.4, 0.5) is 0 Å². The maximum Gasteiger partial charge on any atom is 0.227 e. The molecule has 0 bridgehead atoms. The first-order valence-electron chi connectivity index (χ1n) is 9.59. The predicted octanol–water partition coefficient (Wildman–Crippen LogP) is 1.29. The SMILES string of the molecule is Cl.O=C(CCC1CCNCC1)N1CCCC(C(=O)N2CCOCC2)C1. The van der Waals surface area contributed by atoms with Gasteiger partial charge in [-0.1, -0.05) is 0 Å². The van der Waals surface area contributed by atoms with Crippen LogP contribution in [-0.2, 0) is 14.3 Å². The Morgan fingerprint density at radius 2 is 1.72 bits per heavy atom. The molecule has 0 aliphatic carbocycles. The lowest BCUT2D eigenvalue weighted by Crippen LogP contribution is -2.49. The highest BCUT2D eigenvalue weighted by molar-refractivity contribution is 5.85. The Morgan fingerprint density at radius 3 is 2.44 bits per heavy atom. The molecule has 3 rings (SSSR count). The van der Waals surface area contributed by atoms with Gasteiger partial charge in [0.05, 0.1) is 19.1 Å². The van der Waals surface area contributed by atoms with Gasteiger partial charge in [0.2, 0.25) is 11.8 Å². The molecule has 3 aliphatic rings. The number of carbonyl (C=O) groups is 2. The monoisotopic (exact) mass is 373 g/mol. The third-order valence-electron chi connectivity index (χ3n) is 5.67. The number of carbonyl (C=O) groups excluding carboxylic acids is 2. The van der Waals surface area contributed by atoms with E-state index in [2.05, 4.69) is 5.32 Å². The maximum atomic E-state index is 12.7. The zero-order valence-electron chi connectivity index (χ0n) is 15.1. The topological polar surface area (TPSA) is 61.9 Å². The number of hydrogen-bond acceptors (Lipinski definition) is 4. The van der Waals surface area contributed by atoms with Gasteiger partial charge in [0.15, 0.2) is 0 Å². The number of amides is 2. The fourth-order valence-electron chi connectivity index (χ4n) is 4.10. The first kappa shape index (κ1) is 20.5. The molecule has 0 aromatic rings. The quantitative estimate of drug-likeness (QED) is 0.806. The molecule has 144 valence electrons. The van der Waals surface area contributed by atoms with Gasteiger partial charge in [0, 0.05) is 32.6 Å². The number of hydrogen-bond donors (Lipinski definition) is 1. The van der Waals surface area contributed by atoms with Crippen molar-refractivity contribution in [2.45, 2.75) is 38.5 Å². The summed E-state index contributed by atoms with van der Waals surface area (Å²) < 4.78 is 5.32. The van der Waals surface area contributed by atoms with Crippen LogP contribution in [0.3, 0.4) is 0 Å². The lowest BCUT2D eigenvalue weighted by atomic mass is 9.92. The molecular formula is C18H32ClN3O3. The van der Waals surface area contributed by atoms with E-state index in [1.807, 2.05) is 9.80 Å². The van der Waals surface area contributed by atoms with E-state index >= 15 is 0 Å². The molecule has 2 amide bonds. The average molecular weight is 374 g/mol. The summed E-state index contributed by atoms with van der Waals surface area (Å²) in [5, 5.41) is 3.37. The van der Waals surface area contributed by atoms with Crippen molar-refractivity contribution in [2.75, 3.05) is 52.5 Å². The van der Waals surface area contributed by atoms with Crippen molar-refractivity contribution in [3.05, 3.63) is 0 Å². The van der Waals surface area contributed by atoms with Crippen LogP contribution in [0.2, 0.25) is 0 Å². The van der Waals surface area contributed by atoms with Crippen LogP contribution in [0.25, 0.3) is 0 Å². The molecule has 6 nitrogen and oxygen atoms in total. The highest BCUT2D eigenvalue weighted by atomic mass is 35.5. The summed E-state index contributed by atoms with van der Waals surface area (Å²) in [5.41, 5.74) is 0. The Balaban J connectivity index is 0.00000225. The molecule has 0 aromatic carbocycles. The summed E-state index contributed by atoms with van der Waals surface area (Å²) >= 11 is 0. The Kier molecular flexibility index (Phi) is 8.46. The Labute approximate surface area is 157 Å². The molecule has 0 spiro atoms. The fraction of sp³-hybridized carbons (Fsp3) is 0.889. The van der Waals surface area contributed by atoms with Gasteiger partial charge in [0.25, 0.3) is 0 Å². The minimum Gasteiger partial charge on any atom is -0.378 e. The van der Waals surface area contributed by atoms with Gasteiger partial charge in [0.1, 0.15) is 0 Å². The van der Waals surface area contributed by atoms with Gasteiger partial charge in [-0.15, -0.1) is 12.4 Å². The van der Waals surface area contributed by atoms with Crippen molar-refractivity contribution in [1.82, 2.24) is 15.1 Å². The number of likely N-dealkylation sites (tertiary alicyclic amines) is 1. The Hall–Kier alpha value is -0.850. The molecule has 3 aliphatic heterocycles. The van der Waals surface area contributed by atoms with E-state index in [4.69, 9.17) is 4.74 Å². The van der Waals surface area contributed by atoms with E-state index in [0.717, 1.165) is 38.9 Å². The van der Waals surface area contributed by atoms with Crippen molar-refractivity contribution in [1.29, 1.82) is 0 Å². The molecule has 0 aromatic heterocycles. The van der Waals surface area contributed by atoms with Crippen LogP contribution in [0, 0.1) is 11.8 Å². The van der Waals surface area contributed by atoms with Crippen molar-refractivity contribution >= 4 is 24.2 Å². The second-order valence-electron chi connectivity index (χ2n) is 7.35. The highest BCUT2D eigenvalue weighted by Crippen LogP contribution is 2.22. The van der Waals surface area contributed by atoms with Gasteiger partial charge >= 0.3 is 0 Å². The zero-order chi connectivity index (χ0) is 16.8. The van der Waals surface area contributed by atoms with Gasteiger partial charge in [-0.2, -0.15) is 0 Å². The fourth-order valence-corrected chi connectivity index (χ4v) is 4.10. The zero-order valence-corrected chi connectivity index (χ0v) is 15.9. The first-order chi connectivity index (χ1) is 11.7. The smallest absolute Gasteiger partial charge is 0.227 e. The predicted molar refractivity (Wildman–Crippen MR) is 98.8 cm³/mol. The van der Waals surface area contributed by atoms with E-state index in [9.17, 15) is 9.59 Å². The van der Waals surface area contributed by atoms with Crippen molar-refractivity contribution in [3.8, 4) is 0 Å². The minimum atomic E-state index is -0.0142. The summed E-state index contributed by atoms with van der Waals surface area (Å²) in [5.74, 6) is 1.13. The first-order valence-corrected chi connectivity index (χ1v) is 9.59. The average Bonchev–Trinajstić information content (AvgIpc) is 2.67. The second-order valence-corrected chi connectivity index (χ2v) is 7.35. The van der Waals surface area contributed by atoms with E-state index in [-0.39, 0.29) is 30.1 Å². The molecule has 1 N–H and O–H groups in total. The summed E-state index contributed by atoms with van der Waals surface area (Å²) in [6, 6.07) is 0. The summed E-state index contributed by atoms with van der Waals surface area (Å²) in [6.45, 7) is 6.25. The van der Waals surface area contributed by atoms with Crippen LogP contribution in [0.15, 0.2) is 0 Å². The standard InChI is InChI=1S/C18H31N3O3.ClH/c22-17(4-3-15-5-7-19-8-6-15)21-9-1-2-16(14-21)18(23)20-10-12-24-13-11-20;/h15-16,19H,1-14H2;1H. The van der Waals surface area contributed by atoms with Crippen LogP contribution >= 0.6 is 12.4 Å². The summed E-state index contributed by atoms with van der Waals surface area (Å²) in [7, 11) is 0. The summed E-state index contributed by atoms with van der Waals surface area (Å²) in [4.78, 5) is 29.1. The molecule has 0 saturated carbocycles. The van der Waals surface area contributed by atoms with E-state index in [1.54, 1.807) is 0 Å². The lowest BCUT2D eigenvalue weighted by molar-refractivity contribution is -0.144. The number of ether oxygens (including phenoxy) is 1. The third-order valence-corrected chi connectivity index (χ3v) is 5.67. The maximum absolute atomic E-state index is 12.7. The van der Waals surface area contributed by atoms with Crippen molar-refractivity contribution < 1.29 is 14.3 Å². The number of rotatable bonds is 4. The van der Waals surface area contributed by atoms with Crippen LogP contribution < -0.4 is 5.32 Å². The van der Waals surface area contributed by atoms with E-state index in [1.165, 1.54) is 12.8 Å². The van der Waals surface area contributed by atoms with Crippen LogP contribution in [-0.4, -0.2) is 74.1 Å². The molecule has 1 atom stereocenters. The van der Waals surface area contributed by atoms with E-state index < -0.39 is 0 Å². The largest absolute Gasteiger partial charge is 0.378 e. The van der Waals surface area contributed by atoms with Crippen LogP contribution in [0.1, 0.15) is 38.5 Å². The normalized spacial score (nSPS) is 25.4. The number of piperidine rings is 2. The second kappa shape index (κ2) is 10.3. The number of nitrogens with one attached hydrogen (secondary N) is 1. The molecule has 3 heterocycles. The van der Waals surface area contributed by atoms with Gasteiger partial charge < -0.3 is 19.9 Å². The third kappa shape index (κ3) is 5.83. The van der Waals surface area contributed by atoms with Crippen molar-refractivity contribution in [3.63, 3.8) is 0 Å².